The third kappa shape index (κ3) is 5.32. The van der Waals surface area contributed by atoms with Crippen molar-refractivity contribution in [2.45, 2.75) is 0 Å². The molecule has 0 aliphatic carbocycles. The van der Waals surface area contributed by atoms with E-state index < -0.39 is 0 Å². The molecule has 0 fully saturated rings. The SMILES string of the molecule is c1ccc(-c2ccc3c(c2)oc2c(-c4ccccc4)ccc(N(c4ccc5ccccc5c4)c4cccc5sc6cc(-c7ccccc7)ccc6c45)c23)cc1. The van der Waals surface area contributed by atoms with E-state index in [9.17, 15) is 0 Å². The number of benzene rings is 9. The predicted molar refractivity (Wildman–Crippen MR) is 235 cm³/mol. The van der Waals surface area contributed by atoms with Crippen molar-refractivity contribution in [2.75, 3.05) is 4.90 Å². The first kappa shape index (κ1) is 31.6. The lowest BCUT2D eigenvalue weighted by molar-refractivity contribution is 0.670. The van der Waals surface area contributed by atoms with E-state index in [4.69, 9.17) is 4.42 Å². The zero-order valence-corrected chi connectivity index (χ0v) is 30.6. The van der Waals surface area contributed by atoms with Gasteiger partial charge in [-0.2, -0.15) is 0 Å². The molecule has 0 saturated heterocycles. The smallest absolute Gasteiger partial charge is 0.145 e. The van der Waals surface area contributed by atoms with Gasteiger partial charge in [-0.3, -0.25) is 0 Å². The normalized spacial score (nSPS) is 11.6. The van der Waals surface area contributed by atoms with Gasteiger partial charge in [-0.05, 0) is 93.2 Å². The van der Waals surface area contributed by atoms with Gasteiger partial charge in [0, 0.05) is 36.8 Å². The standard InChI is InChI=1S/C52H33NOS/c1-4-13-34(14-5-1)39-24-27-43-47(32-39)54-52-42(37-18-8-3-9-19-37)29-30-46(51(43)52)53(41-26-23-36-17-10-11-20-38(36)31-41)45-21-12-22-48-50(45)44-28-25-40(33-49(44)55-48)35-15-6-2-7-16-35/h1-33H. The van der Waals surface area contributed by atoms with E-state index >= 15 is 0 Å². The number of hydrogen-bond donors (Lipinski definition) is 0. The largest absolute Gasteiger partial charge is 0.455 e. The first-order valence-electron chi connectivity index (χ1n) is 18.7. The minimum absolute atomic E-state index is 0.868. The van der Waals surface area contributed by atoms with E-state index in [-0.39, 0.29) is 0 Å². The highest BCUT2D eigenvalue weighted by molar-refractivity contribution is 7.26. The molecule has 0 bridgehead atoms. The van der Waals surface area contributed by atoms with Crippen LogP contribution in [0.4, 0.5) is 17.1 Å². The summed E-state index contributed by atoms with van der Waals surface area (Å²) in [7, 11) is 0. The zero-order chi connectivity index (χ0) is 36.3. The van der Waals surface area contributed by atoms with E-state index in [2.05, 4.69) is 205 Å². The summed E-state index contributed by atoms with van der Waals surface area (Å²) >= 11 is 1.86. The molecule has 11 aromatic rings. The van der Waals surface area contributed by atoms with Gasteiger partial charge in [-0.25, -0.2) is 0 Å². The number of nitrogens with zero attached hydrogens (tertiary/aromatic N) is 1. The maximum Gasteiger partial charge on any atom is 0.145 e. The van der Waals surface area contributed by atoms with Crippen LogP contribution in [0.1, 0.15) is 0 Å². The van der Waals surface area contributed by atoms with E-state index in [1.807, 2.05) is 11.3 Å². The number of thiophene rings is 1. The molecule has 0 N–H and O–H groups in total. The van der Waals surface area contributed by atoms with Gasteiger partial charge >= 0.3 is 0 Å². The van der Waals surface area contributed by atoms with Gasteiger partial charge in [0.1, 0.15) is 11.2 Å². The highest BCUT2D eigenvalue weighted by Crippen LogP contribution is 2.50. The summed E-state index contributed by atoms with van der Waals surface area (Å²) in [5.41, 5.74) is 12.0. The summed E-state index contributed by atoms with van der Waals surface area (Å²) in [4.78, 5) is 2.46. The van der Waals surface area contributed by atoms with Crippen LogP contribution in [-0.4, -0.2) is 0 Å². The molecule has 0 unspecified atom stereocenters. The minimum atomic E-state index is 0.868. The molecule has 2 nitrogen and oxygen atoms in total. The van der Waals surface area contributed by atoms with Gasteiger partial charge in [-0.15, -0.1) is 11.3 Å². The second-order valence-electron chi connectivity index (χ2n) is 14.1. The summed E-state index contributed by atoms with van der Waals surface area (Å²) < 4.78 is 9.53. The number of furan rings is 1. The fourth-order valence-electron chi connectivity index (χ4n) is 8.23. The summed E-state index contributed by atoms with van der Waals surface area (Å²) in [5, 5.41) is 7.08. The van der Waals surface area contributed by atoms with E-state index in [1.54, 1.807) is 0 Å². The molecule has 0 aliphatic rings. The molecule has 0 spiro atoms. The summed E-state index contributed by atoms with van der Waals surface area (Å²) in [5.74, 6) is 0. The Morgan fingerprint density at radius 3 is 1.76 bits per heavy atom. The van der Waals surface area contributed by atoms with E-state index in [0.717, 1.165) is 61.3 Å². The molecule has 55 heavy (non-hydrogen) atoms. The molecule has 11 rings (SSSR count). The monoisotopic (exact) mass is 719 g/mol. The van der Waals surface area contributed by atoms with Crippen molar-refractivity contribution in [3.05, 3.63) is 200 Å². The van der Waals surface area contributed by atoms with Crippen LogP contribution < -0.4 is 4.90 Å². The number of anilines is 3. The molecule has 0 aliphatic heterocycles. The van der Waals surface area contributed by atoms with Crippen LogP contribution in [-0.2, 0) is 0 Å². The Morgan fingerprint density at radius 1 is 0.382 bits per heavy atom. The fourth-order valence-corrected chi connectivity index (χ4v) is 9.40. The summed E-state index contributed by atoms with van der Waals surface area (Å²) in [6, 6.07) is 72.1. The predicted octanol–water partition coefficient (Wildman–Crippen LogP) is 15.6. The fraction of sp³-hybridized carbons (Fsp3) is 0. The Balaban J connectivity index is 1.21. The third-order valence-corrected chi connectivity index (χ3v) is 12.0. The minimum Gasteiger partial charge on any atom is -0.455 e. The Kier molecular flexibility index (Phi) is 7.39. The molecule has 0 radical (unpaired) electrons. The van der Waals surface area contributed by atoms with Crippen molar-refractivity contribution in [1.29, 1.82) is 0 Å². The van der Waals surface area contributed by atoms with Crippen molar-refractivity contribution in [2.24, 2.45) is 0 Å². The van der Waals surface area contributed by atoms with Crippen molar-refractivity contribution >= 4 is 81.3 Å². The highest BCUT2D eigenvalue weighted by Gasteiger charge is 2.25. The number of hydrogen-bond acceptors (Lipinski definition) is 3. The molecule has 3 heteroatoms. The molecule has 0 amide bonds. The van der Waals surface area contributed by atoms with Crippen LogP contribution in [0.2, 0.25) is 0 Å². The summed E-state index contributed by atoms with van der Waals surface area (Å²) in [6.45, 7) is 0. The lowest BCUT2D eigenvalue weighted by Crippen LogP contribution is -2.11. The van der Waals surface area contributed by atoms with E-state index in [0.29, 0.717) is 0 Å². The van der Waals surface area contributed by atoms with Crippen molar-refractivity contribution in [3.63, 3.8) is 0 Å². The molecule has 258 valence electrons. The van der Waals surface area contributed by atoms with Gasteiger partial charge in [-0.1, -0.05) is 146 Å². The molecular weight excluding hydrogens is 687 g/mol. The molecular formula is C52H33NOS. The molecule has 0 saturated carbocycles. The van der Waals surface area contributed by atoms with Gasteiger partial charge in [0.15, 0.2) is 0 Å². The Labute approximate surface area is 322 Å². The lowest BCUT2D eigenvalue weighted by Gasteiger charge is -2.28. The van der Waals surface area contributed by atoms with Gasteiger partial charge in [0.2, 0.25) is 0 Å². The average Bonchev–Trinajstić information content (AvgIpc) is 3.83. The van der Waals surface area contributed by atoms with Crippen LogP contribution >= 0.6 is 11.3 Å². The van der Waals surface area contributed by atoms with Gasteiger partial charge in [0.05, 0.1) is 16.8 Å². The van der Waals surface area contributed by atoms with Gasteiger partial charge in [0.25, 0.3) is 0 Å². The van der Waals surface area contributed by atoms with Crippen LogP contribution in [0.3, 0.4) is 0 Å². The van der Waals surface area contributed by atoms with Crippen LogP contribution in [0.5, 0.6) is 0 Å². The van der Waals surface area contributed by atoms with Crippen molar-refractivity contribution in [1.82, 2.24) is 0 Å². The average molecular weight is 720 g/mol. The van der Waals surface area contributed by atoms with Crippen LogP contribution in [0.15, 0.2) is 205 Å². The van der Waals surface area contributed by atoms with E-state index in [1.165, 1.54) is 42.1 Å². The van der Waals surface area contributed by atoms with Crippen LogP contribution in [0, 0.1) is 0 Å². The first-order chi connectivity index (χ1) is 27.3. The second-order valence-corrected chi connectivity index (χ2v) is 15.2. The quantitative estimate of drug-likeness (QED) is 0.170. The zero-order valence-electron chi connectivity index (χ0n) is 29.8. The maximum atomic E-state index is 7.01. The Hall–Kier alpha value is -6.94. The summed E-state index contributed by atoms with van der Waals surface area (Å²) in [6.07, 6.45) is 0. The topological polar surface area (TPSA) is 16.4 Å². The molecule has 2 aromatic heterocycles. The molecule has 9 aromatic carbocycles. The third-order valence-electron chi connectivity index (χ3n) is 10.8. The number of fused-ring (bicyclic) bond motifs is 7. The van der Waals surface area contributed by atoms with Crippen molar-refractivity contribution < 1.29 is 4.42 Å². The molecule has 2 heterocycles. The lowest BCUT2D eigenvalue weighted by atomic mass is 9.98. The Bertz CT molecular complexity index is 3200. The van der Waals surface area contributed by atoms with Crippen LogP contribution in [0.25, 0.3) is 86.3 Å². The van der Waals surface area contributed by atoms with Crippen molar-refractivity contribution in [3.8, 4) is 33.4 Å². The second kappa shape index (κ2) is 12.9. The maximum absolute atomic E-state index is 7.01. The first-order valence-corrected chi connectivity index (χ1v) is 19.5. The highest BCUT2D eigenvalue weighted by atomic mass is 32.1. The Morgan fingerprint density at radius 2 is 1.02 bits per heavy atom. The molecule has 0 atom stereocenters. The van der Waals surface area contributed by atoms with Gasteiger partial charge < -0.3 is 9.32 Å². The number of rotatable bonds is 6.